The molecule has 0 heterocycles. The fourth-order valence-corrected chi connectivity index (χ4v) is 6.62. The molecular formula is C12H18Cl2OSi. The molecule has 0 aromatic heterocycles. The Balaban J connectivity index is 3.22. The van der Waals surface area contributed by atoms with Gasteiger partial charge >= 0.3 is 6.94 Å². The molecule has 0 bridgehead atoms. The van der Waals surface area contributed by atoms with Crippen LogP contribution in [0.15, 0.2) is 12.1 Å². The highest BCUT2D eigenvalue weighted by molar-refractivity contribution is 7.48. The van der Waals surface area contributed by atoms with Crippen molar-refractivity contribution in [3.8, 4) is 0 Å². The summed E-state index contributed by atoms with van der Waals surface area (Å²) < 4.78 is 5.69. The predicted molar refractivity (Wildman–Crippen MR) is 74.0 cm³/mol. The van der Waals surface area contributed by atoms with E-state index in [1.807, 2.05) is 27.7 Å². The van der Waals surface area contributed by atoms with Crippen LogP contribution >= 0.6 is 22.2 Å². The highest BCUT2D eigenvalue weighted by Crippen LogP contribution is 2.23. The first-order valence-corrected chi connectivity index (χ1v) is 9.31. The second-order valence-corrected chi connectivity index (χ2v) is 10.0. The molecule has 0 fully saturated rings. The number of hydrogen-bond donors (Lipinski definition) is 0. The van der Waals surface area contributed by atoms with Crippen molar-refractivity contribution in [1.82, 2.24) is 0 Å². The second-order valence-electron chi connectivity index (χ2n) is 4.46. The van der Waals surface area contributed by atoms with Crippen LogP contribution in [0.4, 0.5) is 0 Å². The summed E-state index contributed by atoms with van der Waals surface area (Å²) in [6.45, 7) is 7.22. The van der Waals surface area contributed by atoms with Gasteiger partial charge in [0, 0.05) is 11.3 Å². The summed E-state index contributed by atoms with van der Waals surface area (Å²) in [5.74, 6) is 0. The molecule has 0 unspecified atom stereocenters. The lowest BCUT2D eigenvalue weighted by Gasteiger charge is -2.24. The van der Waals surface area contributed by atoms with Crippen molar-refractivity contribution in [1.29, 1.82) is 0 Å². The molecule has 0 N–H and O–H groups in total. The fourth-order valence-electron chi connectivity index (χ4n) is 1.99. The van der Waals surface area contributed by atoms with Crippen LogP contribution in [-0.2, 0) is 4.43 Å². The molecule has 0 aliphatic carbocycles. The van der Waals surface area contributed by atoms with Crippen LogP contribution in [0.3, 0.4) is 0 Å². The van der Waals surface area contributed by atoms with Gasteiger partial charge in [-0.1, -0.05) is 17.7 Å². The molecule has 0 radical (unpaired) electrons. The van der Waals surface area contributed by atoms with Gasteiger partial charge in [-0.05, 0) is 45.7 Å². The predicted octanol–water partition coefficient (Wildman–Crippen LogP) is 3.66. The highest BCUT2D eigenvalue weighted by atomic mass is 35.7. The van der Waals surface area contributed by atoms with Gasteiger partial charge in [0.2, 0.25) is 0 Å². The van der Waals surface area contributed by atoms with Gasteiger partial charge in [0.15, 0.2) is 0 Å². The molecule has 0 saturated heterocycles. The van der Waals surface area contributed by atoms with E-state index < -0.39 is 6.94 Å². The third-order valence-electron chi connectivity index (χ3n) is 2.35. The number of hydrogen-bond acceptors (Lipinski definition) is 1. The van der Waals surface area contributed by atoms with Gasteiger partial charge < -0.3 is 4.43 Å². The molecule has 4 heteroatoms. The second kappa shape index (κ2) is 5.09. The summed E-state index contributed by atoms with van der Waals surface area (Å²) in [5.41, 5.74) is 3.46. The third kappa shape index (κ3) is 3.23. The van der Waals surface area contributed by atoms with Crippen molar-refractivity contribution in [3.63, 3.8) is 0 Å². The summed E-state index contributed by atoms with van der Waals surface area (Å²) in [6.07, 6.45) is 0.0433. The highest BCUT2D eigenvalue weighted by Gasteiger charge is 2.37. The largest absolute Gasteiger partial charge is 0.424 e. The lowest BCUT2D eigenvalue weighted by Crippen LogP contribution is -2.45. The summed E-state index contributed by atoms with van der Waals surface area (Å²) in [5, 5.41) is 0.995. The van der Waals surface area contributed by atoms with Crippen LogP contribution in [0.1, 0.15) is 30.5 Å². The van der Waals surface area contributed by atoms with Crippen LogP contribution in [0.5, 0.6) is 0 Å². The van der Waals surface area contributed by atoms with Crippen molar-refractivity contribution >= 4 is 34.3 Å². The molecule has 0 aliphatic heterocycles. The molecule has 1 aromatic carbocycles. The Morgan fingerprint density at radius 1 is 1.06 bits per heavy atom. The van der Waals surface area contributed by atoms with E-state index in [2.05, 4.69) is 19.1 Å². The molecular weight excluding hydrogens is 259 g/mol. The molecule has 0 aliphatic rings. The first-order chi connectivity index (χ1) is 7.24. The van der Waals surface area contributed by atoms with E-state index in [1.165, 1.54) is 5.56 Å². The molecule has 1 rings (SSSR count). The van der Waals surface area contributed by atoms with Gasteiger partial charge in [-0.2, -0.15) is 0 Å². The van der Waals surface area contributed by atoms with Crippen LogP contribution in [0.25, 0.3) is 0 Å². The van der Waals surface area contributed by atoms with E-state index in [4.69, 9.17) is 26.6 Å². The zero-order chi connectivity index (χ0) is 12.5. The fraction of sp³-hybridized carbons (Fsp3) is 0.500. The third-order valence-corrected chi connectivity index (χ3v) is 6.16. The summed E-state index contributed by atoms with van der Waals surface area (Å²) in [4.78, 5) is 0. The Kier molecular flexibility index (Phi) is 4.47. The van der Waals surface area contributed by atoms with E-state index in [-0.39, 0.29) is 6.10 Å². The number of aryl methyl sites for hydroxylation is 3. The van der Waals surface area contributed by atoms with Gasteiger partial charge in [-0.25, -0.2) is 0 Å². The van der Waals surface area contributed by atoms with Gasteiger partial charge in [0.05, 0.1) is 0 Å². The number of halogens is 2. The standard InChI is InChI=1S/C12H18Cl2OSi/c1-8(2)15-16(13,14)12-10(4)6-9(3)7-11(12)5/h6-8H,1-5H3. The van der Waals surface area contributed by atoms with E-state index in [0.29, 0.717) is 0 Å². The molecule has 90 valence electrons. The number of benzene rings is 1. The lowest BCUT2D eigenvalue weighted by atomic mass is 10.1. The quantitative estimate of drug-likeness (QED) is 0.605. The van der Waals surface area contributed by atoms with Gasteiger partial charge in [0.1, 0.15) is 0 Å². The Bertz CT molecular complexity index is 366. The molecule has 0 amide bonds. The van der Waals surface area contributed by atoms with E-state index in [0.717, 1.165) is 16.3 Å². The molecule has 0 spiro atoms. The minimum absolute atomic E-state index is 0.0433. The first-order valence-electron chi connectivity index (χ1n) is 5.38. The van der Waals surface area contributed by atoms with E-state index in [1.54, 1.807) is 0 Å². The van der Waals surface area contributed by atoms with Crippen molar-refractivity contribution in [2.75, 3.05) is 0 Å². The maximum absolute atomic E-state index is 6.40. The maximum Gasteiger partial charge on any atom is 0.424 e. The Hall–Kier alpha value is -0.0231. The topological polar surface area (TPSA) is 9.23 Å². The minimum atomic E-state index is -2.81. The van der Waals surface area contributed by atoms with Crippen LogP contribution < -0.4 is 5.19 Å². The minimum Gasteiger partial charge on any atom is -0.386 e. The maximum atomic E-state index is 6.40. The smallest absolute Gasteiger partial charge is 0.386 e. The normalized spacial score (nSPS) is 12.2. The molecule has 1 aromatic rings. The first kappa shape index (κ1) is 14.0. The van der Waals surface area contributed by atoms with Gasteiger partial charge in [-0.15, -0.1) is 22.2 Å². The van der Waals surface area contributed by atoms with Gasteiger partial charge in [-0.3, -0.25) is 0 Å². The monoisotopic (exact) mass is 276 g/mol. The zero-order valence-electron chi connectivity index (χ0n) is 10.4. The van der Waals surface area contributed by atoms with Crippen LogP contribution in [0.2, 0.25) is 0 Å². The molecule has 1 nitrogen and oxygen atoms in total. The van der Waals surface area contributed by atoms with E-state index >= 15 is 0 Å². The zero-order valence-corrected chi connectivity index (χ0v) is 12.9. The Morgan fingerprint density at radius 3 is 1.88 bits per heavy atom. The molecule has 0 atom stereocenters. The van der Waals surface area contributed by atoms with E-state index in [9.17, 15) is 0 Å². The lowest BCUT2D eigenvalue weighted by molar-refractivity contribution is 0.251. The summed E-state index contributed by atoms with van der Waals surface area (Å²) in [6, 6.07) is 4.19. The average Bonchev–Trinajstić information content (AvgIpc) is 1.96. The summed E-state index contributed by atoms with van der Waals surface area (Å²) >= 11 is 12.8. The van der Waals surface area contributed by atoms with Crippen molar-refractivity contribution < 1.29 is 4.43 Å². The average molecular weight is 277 g/mol. The van der Waals surface area contributed by atoms with Crippen molar-refractivity contribution in [2.45, 2.75) is 40.7 Å². The van der Waals surface area contributed by atoms with Crippen molar-refractivity contribution in [2.24, 2.45) is 0 Å². The molecule has 0 saturated carbocycles. The summed E-state index contributed by atoms with van der Waals surface area (Å²) in [7, 11) is 0. The van der Waals surface area contributed by atoms with Gasteiger partial charge in [0.25, 0.3) is 0 Å². The number of rotatable bonds is 3. The SMILES string of the molecule is Cc1cc(C)c([Si](Cl)(Cl)OC(C)C)c(C)c1. The van der Waals surface area contributed by atoms with Crippen LogP contribution in [-0.4, -0.2) is 13.0 Å². The molecule has 16 heavy (non-hydrogen) atoms. The van der Waals surface area contributed by atoms with Crippen molar-refractivity contribution in [3.05, 3.63) is 28.8 Å². The Labute approximate surface area is 108 Å². The Morgan fingerprint density at radius 2 is 1.50 bits per heavy atom. The van der Waals surface area contributed by atoms with Crippen LogP contribution in [0, 0.1) is 20.8 Å².